The molecule has 31 heavy (non-hydrogen) atoms. The first kappa shape index (κ1) is 21.4. The monoisotopic (exact) mass is 445 g/mol. The summed E-state index contributed by atoms with van der Waals surface area (Å²) in [5.74, 6) is -0.428. The van der Waals surface area contributed by atoms with E-state index < -0.39 is 11.3 Å². The zero-order chi connectivity index (χ0) is 21.8. The number of rotatable bonds is 5. The fraction of sp³-hybridized carbons (Fsp3) is 0.409. The number of amides is 3. The number of thioether (sulfide) groups is 1. The van der Waals surface area contributed by atoms with Gasteiger partial charge in [-0.25, -0.2) is 4.39 Å². The third kappa shape index (κ3) is 5.10. The van der Waals surface area contributed by atoms with Gasteiger partial charge >= 0.3 is 0 Å². The summed E-state index contributed by atoms with van der Waals surface area (Å²) in [6.45, 7) is 1.09. The molecule has 2 aliphatic heterocycles. The van der Waals surface area contributed by atoms with E-state index in [0.717, 1.165) is 0 Å². The fourth-order valence-corrected chi connectivity index (χ4v) is 5.02. The largest absolute Gasteiger partial charge is 0.472 e. The molecule has 7 nitrogen and oxygen atoms in total. The van der Waals surface area contributed by atoms with Gasteiger partial charge in [-0.1, -0.05) is 18.2 Å². The Morgan fingerprint density at radius 3 is 2.68 bits per heavy atom. The van der Waals surface area contributed by atoms with E-state index in [1.54, 1.807) is 29.2 Å². The van der Waals surface area contributed by atoms with E-state index in [4.69, 9.17) is 4.42 Å². The molecular weight excluding hydrogens is 421 g/mol. The molecule has 2 fully saturated rings. The highest BCUT2D eigenvalue weighted by Gasteiger charge is 2.34. The zero-order valence-electron chi connectivity index (χ0n) is 16.9. The topological polar surface area (TPSA) is 91.7 Å². The first-order valence-electron chi connectivity index (χ1n) is 10.3. The number of benzene rings is 1. The number of hydrogen-bond donors (Lipinski definition) is 2. The molecule has 2 saturated heterocycles. The van der Waals surface area contributed by atoms with Crippen molar-refractivity contribution in [2.45, 2.75) is 36.6 Å². The van der Waals surface area contributed by atoms with Gasteiger partial charge in [0.2, 0.25) is 11.8 Å². The van der Waals surface area contributed by atoms with Crippen LogP contribution in [-0.4, -0.2) is 58.8 Å². The average molecular weight is 446 g/mol. The molecule has 3 amide bonds. The Hall–Kier alpha value is -2.81. The molecule has 0 bridgehead atoms. The van der Waals surface area contributed by atoms with Crippen LogP contribution in [0.2, 0.25) is 0 Å². The molecule has 2 aromatic rings. The third-order valence-electron chi connectivity index (χ3n) is 5.65. The van der Waals surface area contributed by atoms with E-state index >= 15 is 0 Å². The van der Waals surface area contributed by atoms with Crippen molar-refractivity contribution in [1.29, 1.82) is 0 Å². The van der Waals surface area contributed by atoms with Crippen LogP contribution in [0, 0.1) is 5.82 Å². The lowest BCUT2D eigenvalue weighted by Crippen LogP contribution is -2.57. The molecule has 2 N–H and O–H groups in total. The minimum Gasteiger partial charge on any atom is -0.472 e. The normalized spacial score (nSPS) is 22.1. The lowest BCUT2D eigenvalue weighted by Gasteiger charge is -2.34. The Balaban J connectivity index is 1.23. The van der Waals surface area contributed by atoms with E-state index in [1.165, 1.54) is 30.4 Å². The van der Waals surface area contributed by atoms with Gasteiger partial charge in [-0.05, 0) is 37.0 Å². The van der Waals surface area contributed by atoms with Crippen LogP contribution in [0.5, 0.6) is 0 Å². The number of carbonyl (C=O) groups is 3. The Labute approximate surface area is 183 Å². The summed E-state index contributed by atoms with van der Waals surface area (Å²) in [5, 5.41) is 5.35. The van der Waals surface area contributed by atoms with Gasteiger partial charge < -0.3 is 20.0 Å². The lowest BCUT2D eigenvalue weighted by molar-refractivity contribution is -0.129. The summed E-state index contributed by atoms with van der Waals surface area (Å²) in [6, 6.07) is 7.40. The van der Waals surface area contributed by atoms with Gasteiger partial charge in [-0.15, -0.1) is 11.8 Å². The van der Waals surface area contributed by atoms with Crippen molar-refractivity contribution < 1.29 is 23.2 Å². The second-order valence-corrected chi connectivity index (χ2v) is 9.00. The van der Waals surface area contributed by atoms with Crippen molar-refractivity contribution in [2.24, 2.45) is 0 Å². The van der Waals surface area contributed by atoms with Gasteiger partial charge in [0.15, 0.2) is 0 Å². The molecule has 1 aromatic carbocycles. The number of piperidine rings is 1. The minimum absolute atomic E-state index is 0.0426. The zero-order valence-corrected chi connectivity index (χ0v) is 17.7. The molecule has 4 rings (SSSR count). The average Bonchev–Trinajstić information content (AvgIpc) is 3.31. The fourth-order valence-electron chi connectivity index (χ4n) is 3.85. The molecule has 0 unspecified atom stereocenters. The number of nitrogens with one attached hydrogen (secondary N) is 2. The number of carbonyl (C=O) groups excluding carboxylic acids is 3. The second kappa shape index (κ2) is 9.55. The van der Waals surface area contributed by atoms with Crippen LogP contribution >= 0.6 is 11.8 Å². The summed E-state index contributed by atoms with van der Waals surface area (Å²) >= 11 is 1.37. The molecule has 0 radical (unpaired) electrons. The summed E-state index contributed by atoms with van der Waals surface area (Å²) in [7, 11) is 0. The first-order valence-corrected chi connectivity index (χ1v) is 11.3. The van der Waals surface area contributed by atoms with Crippen molar-refractivity contribution in [1.82, 2.24) is 15.5 Å². The van der Waals surface area contributed by atoms with Crippen LogP contribution in [0.3, 0.4) is 0 Å². The quantitative estimate of drug-likeness (QED) is 0.735. The van der Waals surface area contributed by atoms with Crippen LogP contribution in [0.25, 0.3) is 0 Å². The van der Waals surface area contributed by atoms with E-state index in [9.17, 15) is 18.8 Å². The van der Waals surface area contributed by atoms with Crippen molar-refractivity contribution >= 4 is 29.5 Å². The highest BCUT2D eigenvalue weighted by molar-refractivity contribution is 8.00. The first-order chi connectivity index (χ1) is 15.0. The Morgan fingerprint density at radius 2 is 2.00 bits per heavy atom. The maximum atomic E-state index is 13.9. The molecule has 2 atom stereocenters. The van der Waals surface area contributed by atoms with Crippen molar-refractivity contribution in [2.75, 3.05) is 18.8 Å². The smallest absolute Gasteiger partial charge is 0.257 e. The molecule has 2 aliphatic rings. The van der Waals surface area contributed by atoms with E-state index in [2.05, 4.69) is 10.6 Å². The maximum Gasteiger partial charge on any atom is 0.257 e. The van der Waals surface area contributed by atoms with Gasteiger partial charge in [0.25, 0.3) is 5.91 Å². The van der Waals surface area contributed by atoms with Crippen LogP contribution in [-0.2, 0) is 16.0 Å². The Morgan fingerprint density at radius 1 is 1.23 bits per heavy atom. The van der Waals surface area contributed by atoms with E-state index in [-0.39, 0.29) is 29.6 Å². The van der Waals surface area contributed by atoms with Crippen LogP contribution < -0.4 is 10.6 Å². The Bertz CT molecular complexity index is 944. The number of likely N-dealkylation sites (tertiary alicyclic amines) is 1. The molecule has 164 valence electrons. The van der Waals surface area contributed by atoms with Gasteiger partial charge in [0.05, 0.1) is 17.1 Å². The Kier molecular flexibility index (Phi) is 6.60. The van der Waals surface area contributed by atoms with Crippen LogP contribution in [0.4, 0.5) is 4.39 Å². The summed E-state index contributed by atoms with van der Waals surface area (Å²) in [4.78, 5) is 39.2. The molecule has 0 aliphatic carbocycles. The molecule has 9 heteroatoms. The SMILES string of the molecule is O=C(NC1CCN(C(=O)c2ccoc2)CC1)[C@H]1CS[C@H](Cc2ccccc2F)C(=O)N1. The van der Waals surface area contributed by atoms with Crippen molar-refractivity contribution in [3.8, 4) is 0 Å². The summed E-state index contributed by atoms with van der Waals surface area (Å²) < 4.78 is 18.8. The van der Waals surface area contributed by atoms with Gasteiger partial charge in [0.1, 0.15) is 18.1 Å². The summed E-state index contributed by atoms with van der Waals surface area (Å²) in [6.07, 6.45) is 4.50. The highest BCUT2D eigenvalue weighted by atomic mass is 32.2. The van der Waals surface area contributed by atoms with Crippen LogP contribution in [0.15, 0.2) is 47.3 Å². The number of furan rings is 1. The number of hydrogen-bond acceptors (Lipinski definition) is 5. The second-order valence-electron chi connectivity index (χ2n) is 7.77. The van der Waals surface area contributed by atoms with Crippen LogP contribution in [0.1, 0.15) is 28.8 Å². The van der Waals surface area contributed by atoms with E-state index in [0.29, 0.717) is 49.2 Å². The van der Waals surface area contributed by atoms with Gasteiger partial charge in [0, 0.05) is 24.9 Å². The lowest BCUT2D eigenvalue weighted by atomic mass is 10.0. The molecule has 3 heterocycles. The third-order valence-corrected chi connectivity index (χ3v) is 6.96. The molecule has 1 aromatic heterocycles. The van der Waals surface area contributed by atoms with Crippen molar-refractivity contribution in [3.63, 3.8) is 0 Å². The predicted octanol–water partition coefficient (Wildman–Crippen LogP) is 1.98. The maximum absolute atomic E-state index is 13.9. The number of nitrogens with zero attached hydrogens (tertiary/aromatic N) is 1. The number of halogens is 1. The minimum atomic E-state index is -0.611. The highest BCUT2D eigenvalue weighted by Crippen LogP contribution is 2.23. The van der Waals surface area contributed by atoms with Gasteiger partial charge in [-0.2, -0.15) is 0 Å². The van der Waals surface area contributed by atoms with Crippen molar-refractivity contribution in [3.05, 3.63) is 59.8 Å². The molecule has 0 saturated carbocycles. The molecular formula is C22H24FN3O4S. The predicted molar refractivity (Wildman–Crippen MR) is 114 cm³/mol. The standard InChI is InChI=1S/C22H24FN3O4S/c23-17-4-2-1-3-14(17)11-19-21(28)25-18(13-31-19)20(27)24-16-5-8-26(9-6-16)22(29)15-7-10-30-12-15/h1-4,7,10,12,16,18-19H,5-6,8-9,11,13H2,(H,24,27)(H,25,28)/t18-,19-/m1/s1. The molecule has 0 spiro atoms. The van der Waals surface area contributed by atoms with Gasteiger partial charge in [-0.3, -0.25) is 14.4 Å². The van der Waals surface area contributed by atoms with E-state index in [1.807, 2.05) is 0 Å². The summed E-state index contributed by atoms with van der Waals surface area (Å²) in [5.41, 5.74) is 1.02.